The zero-order chi connectivity index (χ0) is 11.8. The molecule has 0 aliphatic carbocycles. The Labute approximate surface area is 99.6 Å². The largest absolute Gasteiger partial charge is 0.341 e. The summed E-state index contributed by atoms with van der Waals surface area (Å²) in [5.74, 6) is 0.285. The van der Waals surface area contributed by atoms with E-state index < -0.39 is 0 Å². The maximum absolute atomic E-state index is 11.9. The van der Waals surface area contributed by atoms with Crippen LogP contribution in [-0.4, -0.2) is 36.5 Å². The quantitative estimate of drug-likeness (QED) is 0.675. The lowest BCUT2D eigenvalue weighted by Gasteiger charge is -2.21. The molecule has 1 heterocycles. The molecule has 0 aromatic rings. The number of nitrogens with zero attached hydrogens (tertiary/aromatic N) is 1. The molecule has 3 nitrogen and oxygen atoms in total. The predicted molar refractivity (Wildman–Crippen MR) is 67.4 cm³/mol. The number of hydrogen-bond acceptors (Lipinski definition) is 2. The van der Waals surface area contributed by atoms with Crippen molar-refractivity contribution in [2.75, 3.05) is 19.6 Å². The second kappa shape index (κ2) is 7.66. The van der Waals surface area contributed by atoms with Crippen LogP contribution in [0.1, 0.15) is 52.4 Å². The molecule has 1 fully saturated rings. The zero-order valence-electron chi connectivity index (χ0n) is 10.8. The van der Waals surface area contributed by atoms with E-state index in [-0.39, 0.29) is 11.9 Å². The molecule has 1 atom stereocenters. The highest BCUT2D eigenvalue weighted by molar-refractivity contribution is 5.81. The first-order valence-electron chi connectivity index (χ1n) is 6.78. The van der Waals surface area contributed by atoms with Crippen molar-refractivity contribution in [2.24, 2.45) is 0 Å². The van der Waals surface area contributed by atoms with Crippen LogP contribution in [0.4, 0.5) is 0 Å². The minimum absolute atomic E-state index is 0.000253. The summed E-state index contributed by atoms with van der Waals surface area (Å²) in [6, 6.07) is -0.000253. The van der Waals surface area contributed by atoms with E-state index in [1.807, 2.05) is 11.8 Å². The fourth-order valence-electron chi connectivity index (χ4n) is 2.17. The van der Waals surface area contributed by atoms with Gasteiger partial charge in [0.25, 0.3) is 0 Å². The number of likely N-dealkylation sites (tertiary alicyclic amines) is 1. The van der Waals surface area contributed by atoms with Crippen molar-refractivity contribution in [1.29, 1.82) is 0 Å². The van der Waals surface area contributed by atoms with E-state index in [4.69, 9.17) is 0 Å². The maximum Gasteiger partial charge on any atom is 0.239 e. The van der Waals surface area contributed by atoms with Gasteiger partial charge in [0.1, 0.15) is 0 Å². The highest BCUT2D eigenvalue weighted by Crippen LogP contribution is 2.09. The number of rotatable bonds is 7. The van der Waals surface area contributed by atoms with E-state index in [1.165, 1.54) is 38.5 Å². The first-order valence-corrected chi connectivity index (χ1v) is 6.78. The molecule has 1 unspecified atom stereocenters. The third-order valence-corrected chi connectivity index (χ3v) is 3.27. The fraction of sp³-hybridized carbons (Fsp3) is 0.923. The number of carbonyl (C=O) groups is 1. The number of unbranched alkanes of at least 4 members (excludes halogenated alkanes) is 3. The second-order valence-corrected chi connectivity index (χ2v) is 4.77. The second-order valence-electron chi connectivity index (χ2n) is 4.77. The Hall–Kier alpha value is -0.570. The molecule has 0 aromatic heterocycles. The van der Waals surface area contributed by atoms with Crippen molar-refractivity contribution in [3.63, 3.8) is 0 Å². The van der Waals surface area contributed by atoms with E-state index in [9.17, 15) is 4.79 Å². The molecule has 0 spiro atoms. The zero-order valence-corrected chi connectivity index (χ0v) is 10.8. The van der Waals surface area contributed by atoms with Gasteiger partial charge in [-0.25, -0.2) is 0 Å². The van der Waals surface area contributed by atoms with Gasteiger partial charge in [0.2, 0.25) is 5.91 Å². The minimum Gasteiger partial charge on any atom is -0.341 e. The molecule has 16 heavy (non-hydrogen) atoms. The number of nitrogens with one attached hydrogen (secondary N) is 1. The molecule has 0 saturated carbocycles. The average molecular weight is 226 g/mol. The van der Waals surface area contributed by atoms with Gasteiger partial charge in [0, 0.05) is 13.1 Å². The summed E-state index contributed by atoms with van der Waals surface area (Å²) in [5.41, 5.74) is 0. The van der Waals surface area contributed by atoms with Crippen LogP contribution >= 0.6 is 0 Å². The molecular formula is C13H26N2O. The van der Waals surface area contributed by atoms with E-state index in [0.717, 1.165) is 19.6 Å². The van der Waals surface area contributed by atoms with Crippen molar-refractivity contribution < 1.29 is 4.79 Å². The Morgan fingerprint density at radius 2 is 1.94 bits per heavy atom. The first kappa shape index (κ1) is 13.5. The van der Waals surface area contributed by atoms with Crippen molar-refractivity contribution in [2.45, 2.75) is 58.4 Å². The van der Waals surface area contributed by atoms with Crippen LogP contribution in [0.15, 0.2) is 0 Å². The molecule has 1 aliphatic rings. The first-order chi connectivity index (χ1) is 7.75. The van der Waals surface area contributed by atoms with Crippen LogP contribution in [0.3, 0.4) is 0 Å². The number of amides is 1. The van der Waals surface area contributed by atoms with E-state index >= 15 is 0 Å². The van der Waals surface area contributed by atoms with Crippen molar-refractivity contribution in [3.05, 3.63) is 0 Å². The molecule has 1 rings (SSSR count). The molecule has 0 radical (unpaired) electrons. The molecule has 0 aromatic carbocycles. The van der Waals surface area contributed by atoms with Crippen LogP contribution < -0.4 is 5.32 Å². The van der Waals surface area contributed by atoms with Crippen LogP contribution in [-0.2, 0) is 4.79 Å². The van der Waals surface area contributed by atoms with Gasteiger partial charge in [0.15, 0.2) is 0 Å². The standard InChI is InChI=1S/C13H26N2O/c1-3-4-5-6-9-14-12(2)13(16)15-10-7-8-11-15/h12,14H,3-11H2,1-2H3. The van der Waals surface area contributed by atoms with Gasteiger partial charge in [-0.2, -0.15) is 0 Å². The molecule has 94 valence electrons. The predicted octanol–water partition coefficient (Wildman–Crippen LogP) is 2.17. The molecule has 1 aliphatic heterocycles. The Balaban J connectivity index is 2.08. The lowest BCUT2D eigenvalue weighted by Crippen LogP contribution is -2.43. The summed E-state index contributed by atoms with van der Waals surface area (Å²) in [6.07, 6.45) is 7.38. The molecule has 1 amide bonds. The molecule has 3 heteroatoms. The summed E-state index contributed by atoms with van der Waals surface area (Å²) in [6.45, 7) is 7.09. The summed E-state index contributed by atoms with van der Waals surface area (Å²) in [4.78, 5) is 13.9. The Morgan fingerprint density at radius 1 is 1.25 bits per heavy atom. The third kappa shape index (κ3) is 4.52. The lowest BCUT2D eigenvalue weighted by molar-refractivity contribution is -0.131. The van der Waals surface area contributed by atoms with Gasteiger partial charge < -0.3 is 10.2 Å². The van der Waals surface area contributed by atoms with Gasteiger partial charge >= 0.3 is 0 Å². The van der Waals surface area contributed by atoms with Crippen LogP contribution in [0.5, 0.6) is 0 Å². The molecule has 0 bridgehead atoms. The van der Waals surface area contributed by atoms with Crippen molar-refractivity contribution >= 4 is 5.91 Å². The Bertz CT molecular complexity index is 200. The van der Waals surface area contributed by atoms with E-state index in [1.54, 1.807) is 0 Å². The van der Waals surface area contributed by atoms with E-state index in [0.29, 0.717) is 0 Å². The monoisotopic (exact) mass is 226 g/mol. The average Bonchev–Trinajstić information content (AvgIpc) is 2.81. The van der Waals surface area contributed by atoms with Crippen molar-refractivity contribution in [3.8, 4) is 0 Å². The highest BCUT2D eigenvalue weighted by atomic mass is 16.2. The Morgan fingerprint density at radius 3 is 2.56 bits per heavy atom. The van der Waals surface area contributed by atoms with Crippen LogP contribution in [0.2, 0.25) is 0 Å². The molecule has 1 saturated heterocycles. The normalized spacial score (nSPS) is 17.8. The minimum atomic E-state index is -0.000253. The van der Waals surface area contributed by atoms with Crippen molar-refractivity contribution in [1.82, 2.24) is 10.2 Å². The van der Waals surface area contributed by atoms with Gasteiger partial charge in [-0.3, -0.25) is 4.79 Å². The molecular weight excluding hydrogens is 200 g/mol. The van der Waals surface area contributed by atoms with Gasteiger partial charge in [-0.15, -0.1) is 0 Å². The van der Waals surface area contributed by atoms with E-state index in [2.05, 4.69) is 12.2 Å². The number of carbonyl (C=O) groups excluding carboxylic acids is 1. The fourth-order valence-corrected chi connectivity index (χ4v) is 2.17. The number of hydrogen-bond donors (Lipinski definition) is 1. The lowest BCUT2D eigenvalue weighted by atomic mass is 10.2. The SMILES string of the molecule is CCCCCCNC(C)C(=O)N1CCCC1. The van der Waals surface area contributed by atoms with Gasteiger partial charge in [-0.1, -0.05) is 26.2 Å². The summed E-state index contributed by atoms with van der Waals surface area (Å²) in [7, 11) is 0. The summed E-state index contributed by atoms with van der Waals surface area (Å²) in [5, 5.41) is 3.33. The Kier molecular flexibility index (Phi) is 6.46. The topological polar surface area (TPSA) is 32.3 Å². The summed E-state index contributed by atoms with van der Waals surface area (Å²) < 4.78 is 0. The summed E-state index contributed by atoms with van der Waals surface area (Å²) >= 11 is 0. The molecule has 1 N–H and O–H groups in total. The highest BCUT2D eigenvalue weighted by Gasteiger charge is 2.22. The van der Waals surface area contributed by atoms with Crippen LogP contribution in [0, 0.1) is 0 Å². The maximum atomic E-state index is 11.9. The van der Waals surface area contributed by atoms with Gasteiger partial charge in [-0.05, 0) is 32.7 Å². The van der Waals surface area contributed by atoms with Crippen LogP contribution in [0.25, 0.3) is 0 Å². The smallest absolute Gasteiger partial charge is 0.239 e. The third-order valence-electron chi connectivity index (χ3n) is 3.27. The van der Waals surface area contributed by atoms with Gasteiger partial charge in [0.05, 0.1) is 6.04 Å².